The van der Waals surface area contributed by atoms with Crippen molar-refractivity contribution in [2.45, 2.75) is 44.2 Å². The fourth-order valence-corrected chi connectivity index (χ4v) is 5.76. The van der Waals surface area contributed by atoms with Crippen LogP contribution in [0.25, 0.3) is 0 Å². The first-order chi connectivity index (χ1) is 15.3. The summed E-state index contributed by atoms with van der Waals surface area (Å²) in [6, 6.07) is 13.4. The van der Waals surface area contributed by atoms with Crippen LogP contribution in [0.3, 0.4) is 0 Å². The summed E-state index contributed by atoms with van der Waals surface area (Å²) in [6.45, 7) is 5.19. The lowest BCUT2D eigenvalue weighted by molar-refractivity contribution is -0.145. The molecule has 0 aliphatic carbocycles. The average Bonchev–Trinajstić information content (AvgIpc) is 2.74. The van der Waals surface area contributed by atoms with E-state index in [2.05, 4.69) is 4.72 Å². The lowest BCUT2D eigenvalue weighted by Crippen LogP contribution is -2.54. The number of ether oxygens (including phenoxy) is 1. The number of nitrogens with one attached hydrogen (secondary N) is 1. The van der Waals surface area contributed by atoms with E-state index < -0.39 is 38.1 Å². The summed E-state index contributed by atoms with van der Waals surface area (Å²) in [7, 11) is -6.61. The Kier molecular flexibility index (Phi) is 9.19. The lowest BCUT2D eigenvalue weighted by Gasteiger charge is -2.33. The van der Waals surface area contributed by atoms with Crippen molar-refractivity contribution >= 4 is 26.0 Å². The highest BCUT2D eigenvalue weighted by Gasteiger charge is 2.37. The van der Waals surface area contributed by atoms with Crippen molar-refractivity contribution < 1.29 is 26.4 Å². The van der Waals surface area contributed by atoms with Gasteiger partial charge in [-0.05, 0) is 37.0 Å². The summed E-state index contributed by atoms with van der Waals surface area (Å²) >= 11 is 0. The first-order valence-electron chi connectivity index (χ1n) is 10.5. The van der Waals surface area contributed by atoms with E-state index in [0.29, 0.717) is 0 Å². The van der Waals surface area contributed by atoms with Crippen molar-refractivity contribution in [3.05, 3.63) is 65.7 Å². The van der Waals surface area contributed by atoms with Gasteiger partial charge in [-0.15, -0.1) is 0 Å². The molecule has 1 N–H and O–H groups in total. The number of rotatable bonds is 11. The van der Waals surface area contributed by atoms with Gasteiger partial charge in [0.15, 0.2) is 0 Å². The van der Waals surface area contributed by atoms with Crippen molar-refractivity contribution in [3.63, 3.8) is 0 Å². The number of carbonyl (C=O) groups excluding carboxylic acids is 1. The van der Waals surface area contributed by atoms with Gasteiger partial charge in [0.1, 0.15) is 6.04 Å². The zero-order valence-electron chi connectivity index (χ0n) is 19.6. The van der Waals surface area contributed by atoms with Gasteiger partial charge in [-0.3, -0.25) is 4.79 Å². The van der Waals surface area contributed by atoms with E-state index in [-0.39, 0.29) is 23.8 Å². The van der Waals surface area contributed by atoms with Crippen LogP contribution < -0.4 is 4.72 Å². The molecule has 0 spiro atoms. The van der Waals surface area contributed by atoms with Crippen LogP contribution in [0.1, 0.15) is 25.0 Å². The van der Waals surface area contributed by atoms with Crippen molar-refractivity contribution in [1.82, 2.24) is 9.03 Å². The van der Waals surface area contributed by atoms with Gasteiger partial charge in [-0.25, -0.2) is 21.6 Å². The Labute approximate surface area is 197 Å². The Morgan fingerprint density at radius 3 is 2.06 bits per heavy atom. The van der Waals surface area contributed by atoms with Crippen molar-refractivity contribution in [2.75, 3.05) is 19.9 Å². The molecule has 33 heavy (non-hydrogen) atoms. The molecule has 0 aliphatic heterocycles. The van der Waals surface area contributed by atoms with Crippen LogP contribution in [0.5, 0.6) is 0 Å². The fourth-order valence-electron chi connectivity index (χ4n) is 3.33. The first kappa shape index (κ1) is 27.0. The highest BCUT2D eigenvalue weighted by atomic mass is 32.2. The summed E-state index contributed by atoms with van der Waals surface area (Å²) in [5.41, 5.74) is 1.67. The summed E-state index contributed by atoms with van der Waals surface area (Å²) in [5, 5.41) is 0. The molecule has 2 atom stereocenters. The van der Waals surface area contributed by atoms with E-state index in [1.807, 2.05) is 13.0 Å². The van der Waals surface area contributed by atoms with Gasteiger partial charge in [-0.2, -0.15) is 4.31 Å². The average molecular weight is 497 g/mol. The predicted molar refractivity (Wildman–Crippen MR) is 128 cm³/mol. The molecule has 0 bridgehead atoms. The SMILES string of the molecule is COC(=O)[C@H](Cc1ccccc1)N(C[C@@H](NS(=O)(=O)c1ccc(C)cc1)C(C)C)S(C)(=O)=O. The summed E-state index contributed by atoms with van der Waals surface area (Å²) in [5.74, 6) is -0.974. The van der Waals surface area contributed by atoms with Crippen LogP contribution in [-0.2, 0) is 36.0 Å². The lowest BCUT2D eigenvalue weighted by atomic mass is 10.0. The molecule has 0 heterocycles. The van der Waals surface area contributed by atoms with E-state index in [0.717, 1.165) is 21.7 Å². The quantitative estimate of drug-likeness (QED) is 0.478. The van der Waals surface area contributed by atoms with Crippen molar-refractivity contribution in [2.24, 2.45) is 5.92 Å². The number of hydrogen-bond acceptors (Lipinski definition) is 6. The Balaban J connectivity index is 2.39. The zero-order chi connectivity index (χ0) is 24.8. The van der Waals surface area contributed by atoms with Crippen LogP contribution in [0, 0.1) is 12.8 Å². The van der Waals surface area contributed by atoms with E-state index in [9.17, 15) is 21.6 Å². The highest BCUT2D eigenvalue weighted by molar-refractivity contribution is 7.89. The van der Waals surface area contributed by atoms with Gasteiger partial charge in [0.25, 0.3) is 0 Å². The molecular formula is C23H32N2O6S2. The van der Waals surface area contributed by atoms with Crippen molar-refractivity contribution in [3.8, 4) is 0 Å². The number of methoxy groups -OCH3 is 1. The molecule has 0 saturated heterocycles. The number of nitrogens with zero attached hydrogens (tertiary/aromatic N) is 1. The summed E-state index contributed by atoms with van der Waals surface area (Å²) in [6.07, 6.45) is 1.09. The first-order valence-corrected chi connectivity index (χ1v) is 13.9. The topological polar surface area (TPSA) is 110 Å². The fraction of sp³-hybridized carbons (Fsp3) is 0.435. The Morgan fingerprint density at radius 1 is 1.00 bits per heavy atom. The number of sulfonamides is 2. The van der Waals surface area contributed by atoms with Gasteiger partial charge in [-0.1, -0.05) is 61.9 Å². The normalized spacial score (nSPS) is 14.3. The molecule has 0 aromatic heterocycles. The number of carbonyl (C=O) groups is 1. The molecule has 8 nitrogen and oxygen atoms in total. The third-order valence-corrected chi connectivity index (χ3v) is 8.10. The number of hydrogen-bond donors (Lipinski definition) is 1. The zero-order valence-corrected chi connectivity index (χ0v) is 21.2. The van der Waals surface area contributed by atoms with Gasteiger partial charge < -0.3 is 4.74 Å². The predicted octanol–water partition coefficient (Wildman–Crippen LogP) is 2.34. The molecule has 0 aliphatic rings. The maximum absolute atomic E-state index is 13.0. The smallest absolute Gasteiger partial charge is 0.324 e. The number of benzene rings is 2. The molecule has 2 rings (SSSR count). The third-order valence-electron chi connectivity index (χ3n) is 5.34. The largest absolute Gasteiger partial charge is 0.468 e. The van der Waals surface area contributed by atoms with E-state index >= 15 is 0 Å². The highest BCUT2D eigenvalue weighted by Crippen LogP contribution is 2.19. The molecule has 182 valence electrons. The maximum atomic E-state index is 13.0. The number of esters is 1. The molecule has 0 amide bonds. The van der Waals surface area contributed by atoms with Gasteiger partial charge in [0.2, 0.25) is 20.0 Å². The van der Waals surface area contributed by atoms with Gasteiger partial charge in [0.05, 0.1) is 18.3 Å². The standard InChI is InChI=1S/C23H32N2O6S2/c1-17(2)21(24-33(29,30)20-13-11-18(3)12-14-20)16-25(32(5,27)28)22(23(26)31-4)15-19-9-7-6-8-10-19/h6-14,17,21-22,24H,15-16H2,1-5H3/t21-,22+/m1/s1. The minimum Gasteiger partial charge on any atom is -0.468 e. The Morgan fingerprint density at radius 2 is 1.58 bits per heavy atom. The molecule has 0 radical (unpaired) electrons. The van der Waals surface area contributed by atoms with Crippen molar-refractivity contribution in [1.29, 1.82) is 0 Å². The Bertz CT molecular complexity index is 1130. The second kappa shape index (κ2) is 11.2. The van der Waals surface area contributed by atoms with E-state index in [4.69, 9.17) is 4.74 Å². The van der Waals surface area contributed by atoms with Gasteiger partial charge >= 0.3 is 5.97 Å². The molecule has 0 saturated carbocycles. The monoisotopic (exact) mass is 496 g/mol. The summed E-state index contributed by atoms with van der Waals surface area (Å²) < 4.78 is 60.0. The molecule has 2 aromatic rings. The van der Waals surface area contributed by atoms with Crippen LogP contribution in [0.2, 0.25) is 0 Å². The summed E-state index contributed by atoms with van der Waals surface area (Å²) in [4.78, 5) is 12.7. The molecule has 0 unspecified atom stereocenters. The minimum absolute atomic E-state index is 0.0819. The molecule has 10 heteroatoms. The maximum Gasteiger partial charge on any atom is 0.324 e. The second-order valence-electron chi connectivity index (χ2n) is 8.35. The minimum atomic E-state index is -3.91. The third kappa shape index (κ3) is 7.63. The number of aryl methyl sites for hydroxylation is 1. The van der Waals surface area contributed by atoms with Crippen LogP contribution in [0.15, 0.2) is 59.5 Å². The van der Waals surface area contributed by atoms with E-state index in [1.165, 1.54) is 19.2 Å². The molecular weight excluding hydrogens is 464 g/mol. The molecule has 2 aromatic carbocycles. The Hall–Kier alpha value is -2.27. The second-order valence-corrected chi connectivity index (χ2v) is 12.0. The van der Waals surface area contributed by atoms with Crippen LogP contribution in [-0.4, -0.2) is 59.1 Å². The van der Waals surface area contributed by atoms with E-state index in [1.54, 1.807) is 50.2 Å². The van der Waals surface area contributed by atoms with Crippen LogP contribution >= 0.6 is 0 Å². The molecule has 0 fully saturated rings. The van der Waals surface area contributed by atoms with Gasteiger partial charge in [0, 0.05) is 12.6 Å². The van der Waals surface area contributed by atoms with Crippen LogP contribution in [0.4, 0.5) is 0 Å².